The summed E-state index contributed by atoms with van der Waals surface area (Å²) in [7, 11) is 1.37. The van der Waals surface area contributed by atoms with E-state index in [-0.39, 0.29) is 23.7 Å². The maximum atomic E-state index is 13.5. The highest BCUT2D eigenvalue weighted by molar-refractivity contribution is 5.96. The molecule has 5 nitrogen and oxygen atoms in total. The van der Waals surface area contributed by atoms with E-state index in [0.717, 1.165) is 12.1 Å². The van der Waals surface area contributed by atoms with Gasteiger partial charge in [0, 0.05) is 18.2 Å². The SMILES string of the molecule is CNc1c(F)cc(C(=O)NCC(=O)NC(C)(C)C)cc1F. The predicted octanol–water partition coefficient (Wildman–Crippen LogP) is 1.65. The van der Waals surface area contributed by atoms with Crippen LogP contribution in [0.4, 0.5) is 14.5 Å². The molecule has 0 bridgehead atoms. The number of carbonyl (C=O) groups excluding carboxylic acids is 2. The van der Waals surface area contributed by atoms with Crippen molar-refractivity contribution in [2.75, 3.05) is 18.9 Å². The molecule has 0 fully saturated rings. The zero-order chi connectivity index (χ0) is 16.2. The van der Waals surface area contributed by atoms with E-state index in [1.54, 1.807) is 20.8 Å². The first-order valence-corrected chi connectivity index (χ1v) is 6.40. The monoisotopic (exact) mass is 299 g/mol. The molecule has 1 aromatic rings. The molecule has 0 unspecified atom stereocenters. The van der Waals surface area contributed by atoms with Crippen LogP contribution in [0.15, 0.2) is 12.1 Å². The molecule has 3 N–H and O–H groups in total. The number of benzene rings is 1. The Bertz CT molecular complexity index is 531. The first-order valence-electron chi connectivity index (χ1n) is 6.40. The van der Waals surface area contributed by atoms with Gasteiger partial charge in [-0.2, -0.15) is 0 Å². The third-order valence-electron chi connectivity index (χ3n) is 2.48. The van der Waals surface area contributed by atoms with Crippen molar-refractivity contribution in [2.45, 2.75) is 26.3 Å². The van der Waals surface area contributed by atoms with E-state index in [2.05, 4.69) is 16.0 Å². The zero-order valence-electron chi connectivity index (χ0n) is 12.4. The Morgan fingerprint density at radius 1 is 1.14 bits per heavy atom. The molecule has 0 saturated carbocycles. The Kier molecular flexibility index (Phi) is 5.23. The number of carbonyl (C=O) groups is 2. The van der Waals surface area contributed by atoms with Crippen LogP contribution in [0.1, 0.15) is 31.1 Å². The lowest BCUT2D eigenvalue weighted by Gasteiger charge is -2.20. The van der Waals surface area contributed by atoms with Gasteiger partial charge in [0.15, 0.2) is 0 Å². The standard InChI is InChI=1S/C14H19F2N3O2/c1-14(2,3)19-11(20)7-18-13(21)8-5-9(15)12(17-4)10(16)6-8/h5-6,17H,7H2,1-4H3,(H,18,21)(H,19,20). The summed E-state index contributed by atoms with van der Waals surface area (Å²) in [4.78, 5) is 23.3. The van der Waals surface area contributed by atoms with Crippen LogP contribution in [0.2, 0.25) is 0 Å². The highest BCUT2D eigenvalue weighted by Crippen LogP contribution is 2.20. The summed E-state index contributed by atoms with van der Waals surface area (Å²) in [6.07, 6.45) is 0. The lowest BCUT2D eigenvalue weighted by atomic mass is 10.1. The number of rotatable bonds is 4. The molecule has 0 heterocycles. The van der Waals surface area contributed by atoms with Gasteiger partial charge in [-0.15, -0.1) is 0 Å². The van der Waals surface area contributed by atoms with Crippen molar-refractivity contribution in [2.24, 2.45) is 0 Å². The Morgan fingerprint density at radius 3 is 2.10 bits per heavy atom. The van der Waals surface area contributed by atoms with Crippen molar-refractivity contribution in [3.63, 3.8) is 0 Å². The fraction of sp³-hybridized carbons (Fsp3) is 0.429. The fourth-order valence-corrected chi connectivity index (χ4v) is 1.67. The van der Waals surface area contributed by atoms with Crippen LogP contribution < -0.4 is 16.0 Å². The molecule has 0 atom stereocenters. The van der Waals surface area contributed by atoms with Gasteiger partial charge >= 0.3 is 0 Å². The van der Waals surface area contributed by atoms with Crippen LogP contribution in [0.5, 0.6) is 0 Å². The van der Waals surface area contributed by atoms with Gasteiger partial charge in [0.1, 0.15) is 17.3 Å². The van der Waals surface area contributed by atoms with Crippen LogP contribution in [-0.4, -0.2) is 30.9 Å². The van der Waals surface area contributed by atoms with Gasteiger partial charge in [0.25, 0.3) is 5.91 Å². The van der Waals surface area contributed by atoms with Gasteiger partial charge in [-0.1, -0.05) is 0 Å². The zero-order valence-corrected chi connectivity index (χ0v) is 12.4. The third-order valence-corrected chi connectivity index (χ3v) is 2.48. The second-order valence-electron chi connectivity index (χ2n) is 5.55. The number of anilines is 1. The molecule has 1 rings (SSSR count). The largest absolute Gasteiger partial charge is 0.383 e. The highest BCUT2D eigenvalue weighted by Gasteiger charge is 2.17. The van der Waals surface area contributed by atoms with Crippen molar-refractivity contribution in [3.8, 4) is 0 Å². The summed E-state index contributed by atoms with van der Waals surface area (Å²) in [5, 5.41) is 7.32. The molecule has 0 radical (unpaired) electrons. The summed E-state index contributed by atoms with van der Waals surface area (Å²) < 4.78 is 27.1. The molecule has 0 aliphatic heterocycles. The minimum absolute atomic E-state index is 0.187. The minimum atomic E-state index is -0.873. The normalized spacial score (nSPS) is 11.0. The molecule has 116 valence electrons. The summed E-state index contributed by atoms with van der Waals surface area (Å²) >= 11 is 0. The number of amides is 2. The summed E-state index contributed by atoms with van der Waals surface area (Å²) in [5.74, 6) is -2.85. The molecular formula is C14H19F2N3O2. The van der Waals surface area contributed by atoms with E-state index in [9.17, 15) is 18.4 Å². The Hall–Kier alpha value is -2.18. The molecule has 21 heavy (non-hydrogen) atoms. The first-order chi connectivity index (χ1) is 9.64. The van der Waals surface area contributed by atoms with E-state index in [4.69, 9.17) is 0 Å². The molecule has 0 saturated heterocycles. The molecule has 0 aromatic heterocycles. The van der Waals surface area contributed by atoms with Gasteiger partial charge in [-0.3, -0.25) is 9.59 Å². The number of hydrogen-bond acceptors (Lipinski definition) is 3. The van der Waals surface area contributed by atoms with Crippen molar-refractivity contribution >= 4 is 17.5 Å². The highest BCUT2D eigenvalue weighted by atomic mass is 19.1. The van der Waals surface area contributed by atoms with Gasteiger partial charge in [0.2, 0.25) is 5.91 Å². The lowest BCUT2D eigenvalue weighted by Crippen LogP contribution is -2.45. The van der Waals surface area contributed by atoms with E-state index < -0.39 is 23.1 Å². The molecule has 7 heteroatoms. The van der Waals surface area contributed by atoms with Gasteiger partial charge in [-0.25, -0.2) is 8.78 Å². The summed E-state index contributed by atoms with van der Waals surface area (Å²) in [6.45, 7) is 5.13. The van der Waals surface area contributed by atoms with Gasteiger partial charge < -0.3 is 16.0 Å². The van der Waals surface area contributed by atoms with E-state index in [0.29, 0.717) is 0 Å². The Labute approximate surface area is 122 Å². The fourth-order valence-electron chi connectivity index (χ4n) is 1.67. The smallest absolute Gasteiger partial charge is 0.251 e. The first kappa shape index (κ1) is 16.9. The van der Waals surface area contributed by atoms with Crippen molar-refractivity contribution < 1.29 is 18.4 Å². The second-order valence-corrected chi connectivity index (χ2v) is 5.55. The Balaban J connectivity index is 2.71. The van der Waals surface area contributed by atoms with Crippen LogP contribution in [-0.2, 0) is 4.79 Å². The topological polar surface area (TPSA) is 70.2 Å². The Morgan fingerprint density at radius 2 is 1.67 bits per heavy atom. The third kappa shape index (κ3) is 5.02. The predicted molar refractivity (Wildman–Crippen MR) is 76.1 cm³/mol. The molecule has 0 aliphatic carbocycles. The van der Waals surface area contributed by atoms with Crippen molar-refractivity contribution in [1.29, 1.82) is 0 Å². The molecular weight excluding hydrogens is 280 g/mol. The molecule has 1 aromatic carbocycles. The van der Waals surface area contributed by atoms with E-state index >= 15 is 0 Å². The average Bonchev–Trinajstić information content (AvgIpc) is 2.33. The molecule has 0 spiro atoms. The number of hydrogen-bond donors (Lipinski definition) is 3. The molecule has 2 amide bonds. The van der Waals surface area contributed by atoms with Gasteiger partial charge in [-0.05, 0) is 32.9 Å². The van der Waals surface area contributed by atoms with Crippen molar-refractivity contribution in [1.82, 2.24) is 10.6 Å². The quantitative estimate of drug-likeness (QED) is 0.792. The van der Waals surface area contributed by atoms with Crippen LogP contribution in [0.25, 0.3) is 0 Å². The van der Waals surface area contributed by atoms with Crippen molar-refractivity contribution in [3.05, 3.63) is 29.3 Å². The molecule has 0 aliphatic rings. The van der Waals surface area contributed by atoms with E-state index in [1.807, 2.05) is 0 Å². The van der Waals surface area contributed by atoms with Crippen LogP contribution in [0.3, 0.4) is 0 Å². The number of nitrogens with one attached hydrogen (secondary N) is 3. The van der Waals surface area contributed by atoms with E-state index in [1.165, 1.54) is 7.05 Å². The van der Waals surface area contributed by atoms with Crippen LogP contribution >= 0.6 is 0 Å². The average molecular weight is 299 g/mol. The second kappa shape index (κ2) is 6.51. The van der Waals surface area contributed by atoms with Gasteiger partial charge in [0.05, 0.1) is 6.54 Å². The minimum Gasteiger partial charge on any atom is -0.383 e. The maximum absolute atomic E-state index is 13.5. The summed E-state index contributed by atoms with van der Waals surface area (Å²) in [6, 6.07) is 1.82. The summed E-state index contributed by atoms with van der Waals surface area (Å²) in [5.41, 5.74) is -0.918. The maximum Gasteiger partial charge on any atom is 0.251 e. The number of halogens is 2. The van der Waals surface area contributed by atoms with Crippen LogP contribution in [0, 0.1) is 11.6 Å². The lowest BCUT2D eigenvalue weighted by molar-refractivity contribution is -0.121.